The first-order valence-corrected chi connectivity index (χ1v) is 8.64. The molecule has 0 spiro atoms. The second-order valence-corrected chi connectivity index (χ2v) is 11.4. The van der Waals surface area contributed by atoms with E-state index in [-0.39, 0.29) is 0 Å². The molecule has 0 saturated carbocycles. The molecule has 0 heterocycles. The zero-order chi connectivity index (χ0) is 10.2. The summed E-state index contributed by atoms with van der Waals surface area (Å²) in [6.07, 6.45) is 0. The molecule has 2 heteroatoms. The van der Waals surface area contributed by atoms with E-state index in [2.05, 4.69) is 54.1 Å². The van der Waals surface area contributed by atoms with Crippen molar-refractivity contribution in [3.05, 3.63) is 0 Å². The van der Waals surface area contributed by atoms with Gasteiger partial charge in [-0.15, -0.1) is 0 Å². The zero-order valence-electron chi connectivity index (χ0n) is 10.2. The van der Waals surface area contributed by atoms with Crippen LogP contribution in [-0.4, -0.2) is 14.8 Å². The van der Waals surface area contributed by atoms with E-state index in [0.717, 1.165) is 12.6 Å². The summed E-state index contributed by atoms with van der Waals surface area (Å²) < 4.78 is 0. The van der Waals surface area contributed by atoms with Crippen LogP contribution in [0, 0.1) is 5.92 Å². The van der Waals surface area contributed by atoms with E-state index in [0.29, 0.717) is 4.94 Å². The Bertz CT molecular complexity index is 136. The highest BCUT2D eigenvalue weighted by molar-refractivity contribution is 6.91. The summed E-state index contributed by atoms with van der Waals surface area (Å²) in [5, 5.41) is 0. The van der Waals surface area contributed by atoms with Gasteiger partial charge in [-0.2, -0.15) is 0 Å². The standard InChI is InChI=1S/C10H25BSi/c1-9(2)10(3,11(4)5)12(6,7)8/h9H,1-8H3. The van der Waals surface area contributed by atoms with Gasteiger partial charge in [-0.1, -0.05) is 64.9 Å². The summed E-state index contributed by atoms with van der Waals surface area (Å²) in [4.78, 5) is 0.576. The van der Waals surface area contributed by atoms with Crippen LogP contribution >= 0.6 is 0 Å². The minimum absolute atomic E-state index is 0.576. The molecule has 0 aromatic heterocycles. The average Bonchev–Trinajstić information content (AvgIpc) is 1.82. The first-order chi connectivity index (χ1) is 5.14. The van der Waals surface area contributed by atoms with Gasteiger partial charge >= 0.3 is 0 Å². The van der Waals surface area contributed by atoms with Crippen LogP contribution in [0.25, 0.3) is 0 Å². The molecule has 0 aliphatic rings. The third-order valence-corrected chi connectivity index (χ3v) is 8.40. The Labute approximate surface area is 80.2 Å². The Morgan fingerprint density at radius 2 is 1.42 bits per heavy atom. The molecule has 0 rings (SSSR count). The minimum Gasteiger partial charge on any atom is -0.0861 e. The van der Waals surface area contributed by atoms with Gasteiger partial charge in [-0.25, -0.2) is 0 Å². The van der Waals surface area contributed by atoms with E-state index in [4.69, 9.17) is 0 Å². The van der Waals surface area contributed by atoms with Crippen molar-refractivity contribution in [2.24, 2.45) is 5.92 Å². The first kappa shape index (κ1) is 12.3. The van der Waals surface area contributed by atoms with Crippen LogP contribution in [0.5, 0.6) is 0 Å². The molecule has 0 saturated heterocycles. The Morgan fingerprint density at radius 3 is 1.42 bits per heavy atom. The van der Waals surface area contributed by atoms with Crippen molar-refractivity contribution in [3.63, 3.8) is 0 Å². The Balaban J connectivity index is 4.89. The summed E-state index contributed by atoms with van der Waals surface area (Å²) in [6, 6.07) is 0. The van der Waals surface area contributed by atoms with Gasteiger partial charge in [0.1, 0.15) is 6.71 Å². The molecule has 0 amide bonds. The van der Waals surface area contributed by atoms with E-state index >= 15 is 0 Å². The lowest BCUT2D eigenvalue weighted by atomic mass is 9.42. The molecule has 72 valence electrons. The molecule has 0 aliphatic heterocycles. The molecule has 0 radical (unpaired) electrons. The molecule has 0 N–H and O–H groups in total. The van der Waals surface area contributed by atoms with Crippen molar-refractivity contribution in [1.82, 2.24) is 0 Å². The van der Waals surface area contributed by atoms with Crippen molar-refractivity contribution in [3.8, 4) is 0 Å². The van der Waals surface area contributed by atoms with Crippen molar-refractivity contribution >= 4 is 14.8 Å². The molecule has 1 unspecified atom stereocenters. The fourth-order valence-corrected chi connectivity index (χ4v) is 5.86. The molecule has 0 bridgehead atoms. The lowest BCUT2D eigenvalue weighted by molar-refractivity contribution is 0.543. The average molecular weight is 184 g/mol. The van der Waals surface area contributed by atoms with E-state index < -0.39 is 8.07 Å². The number of hydrogen-bond donors (Lipinski definition) is 0. The van der Waals surface area contributed by atoms with E-state index in [1.165, 1.54) is 0 Å². The lowest BCUT2D eigenvalue weighted by Crippen LogP contribution is -2.48. The molecule has 12 heavy (non-hydrogen) atoms. The monoisotopic (exact) mass is 184 g/mol. The van der Waals surface area contributed by atoms with Crippen molar-refractivity contribution in [1.29, 1.82) is 0 Å². The highest BCUT2D eigenvalue weighted by atomic mass is 28.3. The normalized spacial score (nSPS) is 17.8. The van der Waals surface area contributed by atoms with Crippen LogP contribution in [0.3, 0.4) is 0 Å². The van der Waals surface area contributed by atoms with Gasteiger partial charge in [0.05, 0.1) is 0 Å². The van der Waals surface area contributed by atoms with Crippen LogP contribution in [-0.2, 0) is 0 Å². The lowest BCUT2D eigenvalue weighted by Gasteiger charge is -2.46. The Hall–Kier alpha value is 0.282. The third-order valence-electron chi connectivity index (χ3n) is 4.01. The van der Waals surface area contributed by atoms with Gasteiger partial charge in [0.15, 0.2) is 0 Å². The molecule has 0 fully saturated rings. The minimum atomic E-state index is -1.04. The van der Waals surface area contributed by atoms with Gasteiger partial charge in [-0.05, 0) is 0 Å². The van der Waals surface area contributed by atoms with Gasteiger partial charge in [0.2, 0.25) is 0 Å². The zero-order valence-corrected chi connectivity index (χ0v) is 11.2. The predicted octanol–water partition coefficient (Wildman–Crippen LogP) is 4.03. The summed E-state index contributed by atoms with van der Waals surface area (Å²) in [5.74, 6) is 0.809. The maximum absolute atomic E-state index is 2.49. The van der Waals surface area contributed by atoms with Gasteiger partial charge in [0, 0.05) is 8.07 Å². The van der Waals surface area contributed by atoms with E-state index in [1.807, 2.05) is 0 Å². The molecular formula is C10H25BSi. The van der Waals surface area contributed by atoms with Gasteiger partial charge in [-0.3, -0.25) is 0 Å². The molecule has 0 aromatic rings. The molecule has 0 aliphatic carbocycles. The quantitative estimate of drug-likeness (QED) is 0.581. The van der Waals surface area contributed by atoms with Crippen LogP contribution in [0.15, 0.2) is 0 Å². The first-order valence-electron chi connectivity index (χ1n) is 5.14. The molecular weight excluding hydrogens is 159 g/mol. The van der Waals surface area contributed by atoms with E-state index in [9.17, 15) is 0 Å². The van der Waals surface area contributed by atoms with Gasteiger partial charge in [0.25, 0.3) is 0 Å². The summed E-state index contributed by atoms with van der Waals surface area (Å²) in [5.41, 5.74) is 0. The number of hydrogen-bond acceptors (Lipinski definition) is 0. The summed E-state index contributed by atoms with van der Waals surface area (Å²) in [7, 11) is -1.04. The second kappa shape index (κ2) is 3.57. The largest absolute Gasteiger partial charge is 0.137 e. The predicted molar refractivity (Wildman–Crippen MR) is 64.0 cm³/mol. The fourth-order valence-electron chi connectivity index (χ4n) is 2.40. The molecule has 0 nitrogen and oxygen atoms in total. The highest BCUT2D eigenvalue weighted by Crippen LogP contribution is 2.46. The van der Waals surface area contributed by atoms with Crippen LogP contribution in [0.1, 0.15) is 20.8 Å². The van der Waals surface area contributed by atoms with Gasteiger partial charge < -0.3 is 0 Å². The van der Waals surface area contributed by atoms with Crippen molar-refractivity contribution in [2.45, 2.75) is 59.0 Å². The third kappa shape index (κ3) is 1.96. The van der Waals surface area contributed by atoms with Crippen LogP contribution in [0.4, 0.5) is 0 Å². The molecule has 0 aromatic carbocycles. The SMILES string of the molecule is CB(C)C(C)(C(C)C)[Si](C)(C)C. The summed E-state index contributed by atoms with van der Waals surface area (Å²) in [6.45, 7) is 20.3. The van der Waals surface area contributed by atoms with E-state index in [1.54, 1.807) is 0 Å². The smallest absolute Gasteiger partial charge is 0.0861 e. The molecule has 1 atom stereocenters. The van der Waals surface area contributed by atoms with Crippen molar-refractivity contribution in [2.75, 3.05) is 0 Å². The fraction of sp³-hybridized carbons (Fsp3) is 1.00. The van der Waals surface area contributed by atoms with Crippen molar-refractivity contribution < 1.29 is 0 Å². The van der Waals surface area contributed by atoms with Crippen LogP contribution < -0.4 is 0 Å². The topological polar surface area (TPSA) is 0 Å². The Kier molecular flexibility index (Phi) is 3.65. The maximum Gasteiger partial charge on any atom is 0.137 e. The second-order valence-electron chi connectivity index (χ2n) is 5.84. The van der Waals surface area contributed by atoms with Crippen LogP contribution in [0.2, 0.25) is 38.2 Å². The summed E-state index contributed by atoms with van der Waals surface area (Å²) >= 11 is 0. The maximum atomic E-state index is 2.49. The Morgan fingerprint density at radius 1 is 1.08 bits per heavy atom. The number of rotatable bonds is 3. The highest BCUT2D eigenvalue weighted by Gasteiger charge is 2.44.